The zero-order valence-corrected chi connectivity index (χ0v) is 15.2. The maximum absolute atomic E-state index is 14.4. The van der Waals surface area contributed by atoms with Crippen LogP contribution in [0.5, 0.6) is 0 Å². The summed E-state index contributed by atoms with van der Waals surface area (Å²) in [6.07, 6.45) is -6.10. The Morgan fingerprint density at radius 1 is 1.36 bits per heavy atom. The largest absolute Gasteiger partial charge is 0.452 e. The van der Waals surface area contributed by atoms with Gasteiger partial charge >= 0.3 is 6.18 Å². The Morgan fingerprint density at radius 3 is 2.75 bits per heavy atom. The Kier molecular flexibility index (Phi) is 5.01. The van der Waals surface area contributed by atoms with Crippen LogP contribution in [0.25, 0.3) is 0 Å². The summed E-state index contributed by atoms with van der Waals surface area (Å²) >= 11 is 1.09. The Hall–Kier alpha value is -3.11. The van der Waals surface area contributed by atoms with Crippen LogP contribution in [-0.4, -0.2) is 23.3 Å². The summed E-state index contributed by atoms with van der Waals surface area (Å²) in [6.45, 7) is 1.36. The third kappa shape index (κ3) is 4.07. The molecule has 2 aromatic rings. The standard InChI is InChI=1S/C18H12F4N4OS/c1-17(7-14(18(20,21)22)27-16(24)26-17)12-6-10(2-4-13(12)19)3-5-15-25-9-11(8-23)28-15/h2,4,6,9,14H,7H2,1H3,(H2,24,26)/t14-,17+/m0/s1. The molecule has 5 nitrogen and oxygen atoms in total. The van der Waals surface area contributed by atoms with Crippen LogP contribution in [0.15, 0.2) is 29.4 Å². The molecule has 1 aromatic heterocycles. The molecule has 0 saturated carbocycles. The molecule has 0 spiro atoms. The first-order valence-corrected chi connectivity index (χ1v) is 8.69. The number of aliphatic imine (C=N–C) groups is 1. The summed E-state index contributed by atoms with van der Waals surface area (Å²) in [6, 6.07) is 5.11. The van der Waals surface area contributed by atoms with Gasteiger partial charge in [-0.05, 0) is 31.0 Å². The number of nitriles is 1. The molecule has 144 valence electrons. The molecule has 28 heavy (non-hydrogen) atoms. The van der Waals surface area contributed by atoms with Gasteiger partial charge in [-0.15, -0.1) is 0 Å². The van der Waals surface area contributed by atoms with Gasteiger partial charge < -0.3 is 10.5 Å². The molecule has 3 rings (SSSR count). The minimum Gasteiger partial charge on any atom is -0.452 e. The van der Waals surface area contributed by atoms with E-state index in [-0.39, 0.29) is 5.56 Å². The summed E-state index contributed by atoms with van der Waals surface area (Å²) < 4.78 is 58.3. The monoisotopic (exact) mass is 408 g/mol. The molecule has 0 aliphatic carbocycles. The first-order valence-electron chi connectivity index (χ1n) is 7.87. The smallest absolute Gasteiger partial charge is 0.425 e. The second kappa shape index (κ2) is 7.13. The fourth-order valence-electron chi connectivity index (χ4n) is 2.74. The van der Waals surface area contributed by atoms with Gasteiger partial charge in [0.05, 0.1) is 11.7 Å². The van der Waals surface area contributed by atoms with Crippen LogP contribution in [0.2, 0.25) is 0 Å². The number of nitrogens with zero attached hydrogens (tertiary/aromatic N) is 3. The predicted molar refractivity (Wildman–Crippen MR) is 93.7 cm³/mol. The maximum atomic E-state index is 14.4. The number of rotatable bonds is 1. The molecule has 10 heteroatoms. The Balaban J connectivity index is 1.97. The van der Waals surface area contributed by atoms with Crippen molar-refractivity contribution in [3.8, 4) is 17.9 Å². The van der Waals surface area contributed by atoms with Crippen LogP contribution in [-0.2, 0) is 10.3 Å². The van der Waals surface area contributed by atoms with Crippen molar-refractivity contribution in [2.75, 3.05) is 0 Å². The van der Waals surface area contributed by atoms with Gasteiger partial charge in [0.15, 0.2) is 11.1 Å². The minimum absolute atomic E-state index is 0.0725. The molecule has 1 aliphatic rings. The summed E-state index contributed by atoms with van der Waals surface area (Å²) in [5.74, 6) is 4.77. The van der Waals surface area contributed by atoms with Crippen LogP contribution in [0, 0.1) is 29.0 Å². The molecule has 0 fully saturated rings. The second-order valence-electron chi connectivity index (χ2n) is 6.16. The van der Waals surface area contributed by atoms with E-state index in [1.54, 1.807) is 0 Å². The normalized spacial score (nSPS) is 21.7. The van der Waals surface area contributed by atoms with Crippen molar-refractivity contribution >= 4 is 17.4 Å². The SMILES string of the molecule is C[C@]1(c2cc(C#Cc3ncc(C#N)s3)ccc2F)C[C@@H](C(F)(F)F)OC(N)=N1. The molecule has 2 N–H and O–H groups in total. The van der Waals surface area contributed by atoms with E-state index in [0.717, 1.165) is 17.4 Å². The summed E-state index contributed by atoms with van der Waals surface area (Å²) in [7, 11) is 0. The van der Waals surface area contributed by atoms with Crippen LogP contribution in [0.1, 0.15) is 34.4 Å². The van der Waals surface area contributed by atoms with Gasteiger partial charge in [0.1, 0.15) is 16.8 Å². The van der Waals surface area contributed by atoms with Gasteiger partial charge in [-0.2, -0.15) is 18.4 Å². The lowest BCUT2D eigenvalue weighted by molar-refractivity contribution is -0.208. The van der Waals surface area contributed by atoms with E-state index in [0.29, 0.717) is 15.4 Å². The summed E-state index contributed by atoms with van der Waals surface area (Å²) in [4.78, 5) is 8.27. The van der Waals surface area contributed by atoms with E-state index in [1.165, 1.54) is 25.3 Å². The molecule has 2 heterocycles. The number of amidine groups is 1. The lowest BCUT2D eigenvalue weighted by Gasteiger charge is -2.35. The van der Waals surface area contributed by atoms with Crippen LogP contribution in [0.3, 0.4) is 0 Å². The number of halogens is 4. The van der Waals surface area contributed by atoms with Crippen molar-refractivity contribution < 1.29 is 22.3 Å². The van der Waals surface area contributed by atoms with E-state index < -0.39 is 36.1 Å². The Morgan fingerprint density at radius 2 is 2.11 bits per heavy atom. The molecule has 0 unspecified atom stereocenters. The number of thiazole rings is 1. The predicted octanol–water partition coefficient (Wildman–Crippen LogP) is 3.43. The van der Waals surface area contributed by atoms with E-state index >= 15 is 0 Å². The van der Waals surface area contributed by atoms with E-state index in [9.17, 15) is 17.6 Å². The van der Waals surface area contributed by atoms with E-state index in [4.69, 9.17) is 11.0 Å². The lowest BCUT2D eigenvalue weighted by Crippen LogP contribution is -2.46. The van der Waals surface area contributed by atoms with Gasteiger partial charge in [0.25, 0.3) is 6.02 Å². The van der Waals surface area contributed by atoms with Crippen molar-refractivity contribution in [3.05, 3.63) is 51.2 Å². The molecule has 0 saturated heterocycles. The number of nitrogens with two attached hydrogens (primary N) is 1. The van der Waals surface area contributed by atoms with Crippen molar-refractivity contribution in [2.45, 2.75) is 31.2 Å². The molecule has 0 radical (unpaired) electrons. The number of aromatic nitrogens is 1. The molecule has 0 amide bonds. The molecule has 1 aromatic carbocycles. The fourth-order valence-corrected chi connectivity index (χ4v) is 3.31. The third-order valence-electron chi connectivity index (χ3n) is 4.04. The molecular weight excluding hydrogens is 396 g/mol. The van der Waals surface area contributed by atoms with Crippen LogP contribution in [0.4, 0.5) is 17.6 Å². The highest BCUT2D eigenvalue weighted by Crippen LogP contribution is 2.40. The quantitative estimate of drug-likeness (QED) is 0.579. The highest BCUT2D eigenvalue weighted by atomic mass is 32.1. The molecule has 1 aliphatic heterocycles. The second-order valence-corrected chi connectivity index (χ2v) is 7.19. The van der Waals surface area contributed by atoms with E-state index in [1.807, 2.05) is 6.07 Å². The number of benzene rings is 1. The zero-order chi connectivity index (χ0) is 20.5. The Bertz CT molecular complexity index is 1040. The average molecular weight is 408 g/mol. The summed E-state index contributed by atoms with van der Waals surface area (Å²) in [5.41, 5.74) is 4.13. The average Bonchev–Trinajstić information content (AvgIpc) is 3.07. The minimum atomic E-state index is -4.67. The first-order chi connectivity index (χ1) is 13.1. The number of hydrogen-bond donors (Lipinski definition) is 1. The maximum Gasteiger partial charge on any atom is 0.425 e. The Labute approximate surface area is 161 Å². The number of ether oxygens (including phenoxy) is 1. The van der Waals surface area contributed by atoms with Crippen molar-refractivity contribution in [1.29, 1.82) is 5.26 Å². The van der Waals surface area contributed by atoms with Crippen molar-refractivity contribution in [1.82, 2.24) is 4.98 Å². The molecule has 2 atom stereocenters. The van der Waals surface area contributed by atoms with Gasteiger partial charge in [-0.25, -0.2) is 14.4 Å². The highest BCUT2D eigenvalue weighted by molar-refractivity contribution is 7.12. The van der Waals surface area contributed by atoms with E-state index in [2.05, 4.69) is 26.6 Å². The fraction of sp³-hybridized carbons (Fsp3) is 0.278. The number of alkyl halides is 3. The van der Waals surface area contributed by atoms with Crippen molar-refractivity contribution in [2.24, 2.45) is 10.7 Å². The van der Waals surface area contributed by atoms with Crippen LogP contribution < -0.4 is 5.73 Å². The zero-order valence-electron chi connectivity index (χ0n) is 14.3. The van der Waals surface area contributed by atoms with Gasteiger partial charge in [0.2, 0.25) is 0 Å². The first kappa shape index (κ1) is 19.6. The number of hydrogen-bond acceptors (Lipinski definition) is 6. The van der Waals surface area contributed by atoms with Crippen molar-refractivity contribution in [3.63, 3.8) is 0 Å². The topological polar surface area (TPSA) is 84.3 Å². The molecule has 0 bridgehead atoms. The summed E-state index contributed by atoms with van der Waals surface area (Å²) in [5, 5.41) is 9.18. The van der Waals surface area contributed by atoms with Gasteiger partial charge in [-0.3, -0.25) is 0 Å². The van der Waals surface area contributed by atoms with Crippen LogP contribution >= 0.6 is 11.3 Å². The third-order valence-corrected chi connectivity index (χ3v) is 4.86. The highest BCUT2D eigenvalue weighted by Gasteiger charge is 2.50. The molecular formula is C18H12F4N4OS. The lowest BCUT2D eigenvalue weighted by atomic mass is 9.85. The van der Waals surface area contributed by atoms with Gasteiger partial charge in [0, 0.05) is 17.5 Å². The van der Waals surface area contributed by atoms with Gasteiger partial charge in [-0.1, -0.05) is 17.3 Å².